The Labute approximate surface area is 68.0 Å². The summed E-state index contributed by atoms with van der Waals surface area (Å²) in [6.07, 6.45) is 0. The first-order valence-corrected chi connectivity index (χ1v) is 7.29. The van der Waals surface area contributed by atoms with Gasteiger partial charge in [-0.25, -0.2) is 0 Å². The van der Waals surface area contributed by atoms with Gasteiger partial charge in [0.2, 0.25) is 0 Å². The fourth-order valence-corrected chi connectivity index (χ4v) is 6.25. The first-order valence-electron chi connectivity index (χ1n) is 4.14. The molecule has 0 amide bonds. The quantitative estimate of drug-likeness (QED) is 0.496. The van der Waals surface area contributed by atoms with Gasteiger partial charge in [0, 0.05) is 0 Å². The third-order valence-electron chi connectivity index (χ3n) is 2.95. The molecule has 1 aliphatic rings. The normalized spacial score (nSPS) is 54.0. The summed E-state index contributed by atoms with van der Waals surface area (Å²) in [5, 5.41) is 0. The van der Waals surface area contributed by atoms with E-state index in [0.717, 1.165) is 23.2 Å². The van der Waals surface area contributed by atoms with E-state index in [2.05, 4.69) is 27.7 Å². The molecule has 60 valence electrons. The van der Waals surface area contributed by atoms with Crippen LogP contribution < -0.4 is 0 Å². The minimum atomic E-state index is 0.967. The molecular formula is C8H18P2. The van der Waals surface area contributed by atoms with E-state index in [1.165, 1.54) is 16.5 Å². The van der Waals surface area contributed by atoms with E-state index in [-0.39, 0.29) is 0 Å². The van der Waals surface area contributed by atoms with Crippen LogP contribution in [0.3, 0.4) is 0 Å². The molecule has 0 bridgehead atoms. The smallest absolute Gasteiger partial charge is 0.0200 e. The van der Waals surface area contributed by atoms with Gasteiger partial charge >= 0.3 is 0 Å². The number of hydrogen-bond donors (Lipinski definition) is 0. The molecule has 0 aromatic heterocycles. The van der Waals surface area contributed by atoms with E-state index in [1.54, 1.807) is 0 Å². The molecule has 6 unspecified atom stereocenters. The van der Waals surface area contributed by atoms with Gasteiger partial charge in [-0.05, 0) is 23.2 Å². The first kappa shape index (κ1) is 8.95. The summed E-state index contributed by atoms with van der Waals surface area (Å²) in [6, 6.07) is 0. The van der Waals surface area contributed by atoms with Crippen LogP contribution in [0.1, 0.15) is 27.7 Å². The molecule has 0 N–H and O–H groups in total. The molecule has 0 saturated carbocycles. The molecule has 6 atom stereocenters. The lowest BCUT2D eigenvalue weighted by molar-refractivity contribution is 0.377. The molecule has 0 aromatic carbocycles. The Bertz CT molecular complexity index is 99.8. The fraction of sp³-hybridized carbons (Fsp3) is 1.00. The van der Waals surface area contributed by atoms with E-state index < -0.39 is 0 Å². The maximum absolute atomic E-state index is 2.42. The predicted octanol–water partition coefficient (Wildman–Crippen LogP) is 3.32. The lowest BCUT2D eigenvalue weighted by Gasteiger charge is -2.36. The van der Waals surface area contributed by atoms with Crippen molar-refractivity contribution in [3.8, 4) is 0 Å². The third kappa shape index (κ3) is 1.72. The minimum absolute atomic E-state index is 0.967. The van der Waals surface area contributed by atoms with Crippen LogP contribution in [0.4, 0.5) is 0 Å². The molecule has 0 radical (unpaired) electrons. The Kier molecular flexibility index (Phi) is 3.14. The zero-order chi connectivity index (χ0) is 7.72. The summed E-state index contributed by atoms with van der Waals surface area (Å²) >= 11 is 0. The summed E-state index contributed by atoms with van der Waals surface area (Å²) in [5.41, 5.74) is 2.01. The van der Waals surface area contributed by atoms with Gasteiger partial charge in [0.15, 0.2) is 0 Å². The van der Waals surface area contributed by atoms with Gasteiger partial charge in [0.25, 0.3) is 0 Å². The van der Waals surface area contributed by atoms with Crippen LogP contribution in [0.15, 0.2) is 0 Å². The molecule has 0 nitrogen and oxygen atoms in total. The average molecular weight is 176 g/mol. The Balaban J connectivity index is 2.52. The third-order valence-corrected chi connectivity index (χ3v) is 8.31. The van der Waals surface area contributed by atoms with Crippen molar-refractivity contribution in [2.45, 2.75) is 39.0 Å². The van der Waals surface area contributed by atoms with Crippen molar-refractivity contribution in [2.24, 2.45) is 11.8 Å². The van der Waals surface area contributed by atoms with Crippen molar-refractivity contribution in [2.75, 3.05) is 0 Å². The van der Waals surface area contributed by atoms with Crippen molar-refractivity contribution in [1.29, 1.82) is 0 Å². The van der Waals surface area contributed by atoms with Crippen LogP contribution in [0.25, 0.3) is 0 Å². The molecule has 1 fully saturated rings. The standard InChI is InChI=1S/C8H18P2/c1-5-6(2)8(4)10-9-7(5)3/h5-10H,1-4H3. The highest BCUT2D eigenvalue weighted by atomic mass is 32.0. The van der Waals surface area contributed by atoms with E-state index in [0.29, 0.717) is 0 Å². The van der Waals surface area contributed by atoms with Crippen LogP contribution >= 0.6 is 16.5 Å². The summed E-state index contributed by atoms with van der Waals surface area (Å²) in [6.45, 7) is 9.67. The van der Waals surface area contributed by atoms with Crippen LogP contribution in [0.5, 0.6) is 0 Å². The van der Waals surface area contributed by atoms with E-state index in [9.17, 15) is 0 Å². The SMILES string of the molecule is CC1PPC(C)C(C)C1C. The van der Waals surface area contributed by atoms with Gasteiger partial charge in [0.1, 0.15) is 0 Å². The second-order valence-corrected chi connectivity index (χ2v) is 7.72. The van der Waals surface area contributed by atoms with Gasteiger partial charge in [0.05, 0.1) is 0 Å². The van der Waals surface area contributed by atoms with Crippen molar-refractivity contribution >= 4 is 16.5 Å². The van der Waals surface area contributed by atoms with Crippen molar-refractivity contribution in [3.63, 3.8) is 0 Å². The van der Waals surface area contributed by atoms with E-state index in [1.807, 2.05) is 0 Å². The Hall–Kier alpha value is 0.860. The molecule has 2 heteroatoms. The van der Waals surface area contributed by atoms with Gasteiger partial charge < -0.3 is 0 Å². The Morgan fingerprint density at radius 2 is 1.00 bits per heavy atom. The summed E-state index contributed by atoms with van der Waals surface area (Å²) in [4.78, 5) is 0. The number of hydrogen-bond acceptors (Lipinski definition) is 0. The lowest BCUT2D eigenvalue weighted by atomic mass is 9.91. The Morgan fingerprint density at radius 3 is 1.30 bits per heavy atom. The maximum atomic E-state index is 2.42. The molecule has 10 heavy (non-hydrogen) atoms. The second-order valence-electron chi connectivity index (χ2n) is 3.58. The zero-order valence-electron chi connectivity index (χ0n) is 7.31. The van der Waals surface area contributed by atoms with Crippen molar-refractivity contribution < 1.29 is 0 Å². The van der Waals surface area contributed by atoms with E-state index >= 15 is 0 Å². The van der Waals surface area contributed by atoms with Crippen LogP contribution in [0, 0.1) is 11.8 Å². The zero-order valence-corrected chi connectivity index (χ0v) is 9.31. The van der Waals surface area contributed by atoms with Crippen molar-refractivity contribution in [3.05, 3.63) is 0 Å². The van der Waals surface area contributed by atoms with Crippen molar-refractivity contribution in [1.82, 2.24) is 0 Å². The monoisotopic (exact) mass is 176 g/mol. The van der Waals surface area contributed by atoms with E-state index in [4.69, 9.17) is 0 Å². The van der Waals surface area contributed by atoms with Crippen LogP contribution in [-0.2, 0) is 0 Å². The van der Waals surface area contributed by atoms with Gasteiger partial charge in [-0.1, -0.05) is 44.2 Å². The molecule has 1 rings (SSSR count). The highest BCUT2D eigenvalue weighted by Gasteiger charge is 2.28. The highest BCUT2D eigenvalue weighted by molar-refractivity contribution is 8.12. The molecule has 1 aliphatic heterocycles. The molecular weight excluding hydrogens is 158 g/mol. The average Bonchev–Trinajstić information content (AvgIpc) is 1.93. The topological polar surface area (TPSA) is 0 Å². The Morgan fingerprint density at radius 1 is 0.700 bits per heavy atom. The maximum Gasteiger partial charge on any atom is -0.0200 e. The fourth-order valence-electron chi connectivity index (χ4n) is 1.44. The summed E-state index contributed by atoms with van der Waals surface area (Å²) in [5.74, 6) is 1.93. The summed E-state index contributed by atoms with van der Waals surface area (Å²) in [7, 11) is 2.50. The summed E-state index contributed by atoms with van der Waals surface area (Å²) < 4.78 is 0. The molecule has 0 spiro atoms. The number of rotatable bonds is 0. The largest absolute Gasteiger partial charge is 0.0958 e. The van der Waals surface area contributed by atoms with Gasteiger partial charge in [-0.2, -0.15) is 0 Å². The molecule has 0 aromatic rings. The molecule has 0 aliphatic carbocycles. The van der Waals surface area contributed by atoms with Crippen LogP contribution in [-0.4, -0.2) is 11.3 Å². The van der Waals surface area contributed by atoms with Gasteiger partial charge in [-0.3, -0.25) is 0 Å². The van der Waals surface area contributed by atoms with Gasteiger partial charge in [-0.15, -0.1) is 0 Å². The minimum Gasteiger partial charge on any atom is -0.0958 e. The highest BCUT2D eigenvalue weighted by Crippen LogP contribution is 2.55. The molecule has 1 heterocycles. The van der Waals surface area contributed by atoms with Crippen LogP contribution in [0.2, 0.25) is 0 Å². The first-order chi connectivity index (χ1) is 4.63. The predicted molar refractivity (Wildman–Crippen MR) is 53.9 cm³/mol. The lowest BCUT2D eigenvalue weighted by Crippen LogP contribution is -2.26. The molecule has 1 saturated heterocycles. The second kappa shape index (κ2) is 3.51.